The van der Waals surface area contributed by atoms with Gasteiger partial charge >= 0.3 is 39.5 Å². The number of phosphoric ester groups is 2. The van der Waals surface area contributed by atoms with Crippen LogP contribution in [0, 0.1) is 5.92 Å². The number of rotatable bonds is 68. The molecule has 0 aliphatic rings. The van der Waals surface area contributed by atoms with Crippen LogP contribution in [0.4, 0.5) is 0 Å². The molecule has 0 spiro atoms. The topological polar surface area (TPSA) is 237 Å². The van der Waals surface area contributed by atoms with Crippen LogP contribution in [0.15, 0.2) is 0 Å². The number of hydrogen-bond acceptors (Lipinski definition) is 15. The maximum atomic E-state index is 13.0. The zero-order chi connectivity index (χ0) is 64.2. The number of ether oxygens (including phenoxy) is 4. The number of unbranched alkanes of at least 4 members (excludes halogenated alkanes) is 40. The molecule has 0 amide bonds. The Labute approximate surface area is 530 Å². The highest BCUT2D eigenvalue weighted by molar-refractivity contribution is 7.47. The van der Waals surface area contributed by atoms with E-state index in [0.29, 0.717) is 25.7 Å². The second kappa shape index (κ2) is 61.6. The third-order valence-corrected chi connectivity index (χ3v) is 17.7. The largest absolute Gasteiger partial charge is 0.472 e. The second-order valence-electron chi connectivity index (χ2n) is 25.0. The van der Waals surface area contributed by atoms with Crippen molar-refractivity contribution in [2.24, 2.45) is 5.92 Å². The normalized spacial score (nSPS) is 14.1. The molecule has 0 fully saturated rings. The molecule has 0 aliphatic carbocycles. The highest BCUT2D eigenvalue weighted by Gasteiger charge is 2.30. The van der Waals surface area contributed by atoms with Gasteiger partial charge in [0.25, 0.3) is 0 Å². The highest BCUT2D eigenvalue weighted by atomic mass is 31.2. The minimum atomic E-state index is -4.95. The van der Waals surface area contributed by atoms with Crippen molar-refractivity contribution >= 4 is 39.5 Å². The van der Waals surface area contributed by atoms with Crippen LogP contribution in [-0.4, -0.2) is 96.7 Å². The Morgan fingerprint density at radius 2 is 0.529 bits per heavy atom. The molecule has 19 heteroatoms. The summed E-state index contributed by atoms with van der Waals surface area (Å²) in [6.45, 7) is 7.23. The molecule has 0 bridgehead atoms. The van der Waals surface area contributed by atoms with Crippen LogP contribution in [0.25, 0.3) is 0 Å². The minimum Gasteiger partial charge on any atom is -0.462 e. The van der Waals surface area contributed by atoms with Gasteiger partial charge < -0.3 is 33.8 Å². The molecule has 516 valence electrons. The summed E-state index contributed by atoms with van der Waals surface area (Å²) in [4.78, 5) is 72.4. The van der Waals surface area contributed by atoms with E-state index < -0.39 is 97.5 Å². The van der Waals surface area contributed by atoms with Gasteiger partial charge in [0.15, 0.2) is 12.2 Å². The molecule has 0 aromatic heterocycles. The van der Waals surface area contributed by atoms with Gasteiger partial charge in [-0.1, -0.05) is 298 Å². The number of esters is 4. The van der Waals surface area contributed by atoms with Gasteiger partial charge in [0.2, 0.25) is 0 Å². The van der Waals surface area contributed by atoms with Crippen molar-refractivity contribution in [3.05, 3.63) is 0 Å². The number of phosphoric acid groups is 2. The van der Waals surface area contributed by atoms with Crippen LogP contribution in [-0.2, 0) is 65.4 Å². The lowest BCUT2D eigenvalue weighted by Crippen LogP contribution is -2.30. The standard InChI is InChI=1S/C68H132O17P2/c1-6-9-12-15-18-21-23-28-33-37-42-47-52-66(71)79-58-64(85-68(73)54-49-44-39-34-29-26-24-25-27-31-35-40-45-50-61(4)5)60-83-87(76,77)81-56-62(69)55-80-86(74,75)82-59-63(57-78-65(70)51-46-41-36-30-20-17-14-11-8-3)84-67(72)53-48-43-38-32-22-19-16-13-10-7-2/h61-64,69H,6-60H2,1-5H3,(H,74,75)(H,76,77)/t62-,63+,64+/m0/s1. The van der Waals surface area contributed by atoms with Crippen LogP contribution in [0.5, 0.6) is 0 Å². The fourth-order valence-electron chi connectivity index (χ4n) is 10.3. The van der Waals surface area contributed by atoms with Gasteiger partial charge in [-0.2, -0.15) is 0 Å². The number of carbonyl (C=O) groups is 4. The van der Waals surface area contributed by atoms with Crippen molar-refractivity contribution in [1.82, 2.24) is 0 Å². The molecular formula is C68H132O17P2. The van der Waals surface area contributed by atoms with Gasteiger partial charge in [0.05, 0.1) is 26.4 Å². The first kappa shape index (κ1) is 85.1. The van der Waals surface area contributed by atoms with Crippen LogP contribution < -0.4 is 0 Å². The molecule has 0 aliphatic heterocycles. The molecule has 0 aromatic carbocycles. The second-order valence-corrected chi connectivity index (χ2v) is 27.9. The Morgan fingerprint density at radius 3 is 0.782 bits per heavy atom. The summed E-state index contributed by atoms with van der Waals surface area (Å²) in [6.07, 6.45) is 47.1. The summed E-state index contributed by atoms with van der Waals surface area (Å²) in [5.41, 5.74) is 0. The molecule has 5 atom stereocenters. The van der Waals surface area contributed by atoms with Gasteiger partial charge in [0.1, 0.15) is 19.3 Å². The van der Waals surface area contributed by atoms with Crippen molar-refractivity contribution < 1.29 is 80.2 Å². The van der Waals surface area contributed by atoms with Gasteiger partial charge in [-0.15, -0.1) is 0 Å². The quantitative estimate of drug-likeness (QED) is 0.0222. The lowest BCUT2D eigenvalue weighted by atomic mass is 10.0. The SMILES string of the molecule is CCCCCCCCCCCCCCC(=O)OC[C@H](COP(=O)(O)OC[C@@H](O)COP(=O)(O)OC[C@@H](COC(=O)CCCCCCCCCCC)OC(=O)CCCCCCCCCCCC)OC(=O)CCCCCCCCCCCCCCCC(C)C. The predicted molar refractivity (Wildman–Crippen MR) is 349 cm³/mol. The van der Waals surface area contributed by atoms with Crippen LogP contribution in [0.2, 0.25) is 0 Å². The molecule has 0 heterocycles. The van der Waals surface area contributed by atoms with Crippen LogP contribution in [0.3, 0.4) is 0 Å². The lowest BCUT2D eigenvalue weighted by molar-refractivity contribution is -0.161. The maximum Gasteiger partial charge on any atom is 0.472 e. The van der Waals surface area contributed by atoms with Crippen LogP contribution >= 0.6 is 15.6 Å². The minimum absolute atomic E-state index is 0.107. The van der Waals surface area contributed by atoms with Crippen molar-refractivity contribution in [3.63, 3.8) is 0 Å². The van der Waals surface area contributed by atoms with E-state index in [1.807, 2.05) is 0 Å². The molecule has 17 nitrogen and oxygen atoms in total. The summed E-state index contributed by atoms with van der Waals surface area (Å²) >= 11 is 0. The summed E-state index contributed by atoms with van der Waals surface area (Å²) in [5.74, 6) is -1.34. The number of hydrogen-bond donors (Lipinski definition) is 3. The third-order valence-electron chi connectivity index (χ3n) is 15.8. The zero-order valence-electron chi connectivity index (χ0n) is 56.2. The monoisotopic (exact) mass is 1280 g/mol. The first-order chi connectivity index (χ1) is 42.0. The van der Waals surface area contributed by atoms with E-state index >= 15 is 0 Å². The van der Waals surface area contributed by atoms with Gasteiger partial charge in [-0.25, -0.2) is 9.13 Å². The average Bonchev–Trinajstić information content (AvgIpc) is 3.54. The third kappa shape index (κ3) is 62.6. The van der Waals surface area contributed by atoms with Crippen molar-refractivity contribution in [1.29, 1.82) is 0 Å². The first-order valence-corrected chi connectivity index (χ1v) is 38.6. The maximum absolute atomic E-state index is 13.0. The first-order valence-electron chi connectivity index (χ1n) is 35.6. The van der Waals surface area contributed by atoms with E-state index in [1.54, 1.807) is 0 Å². The molecule has 0 rings (SSSR count). The molecular weight excluding hydrogens is 1150 g/mol. The van der Waals surface area contributed by atoms with Crippen LogP contribution in [0.1, 0.15) is 349 Å². The van der Waals surface area contributed by atoms with Crippen molar-refractivity contribution in [2.75, 3.05) is 39.6 Å². The molecule has 87 heavy (non-hydrogen) atoms. The van der Waals surface area contributed by atoms with E-state index in [1.165, 1.54) is 173 Å². The number of aliphatic hydroxyl groups excluding tert-OH is 1. The average molecular weight is 1280 g/mol. The van der Waals surface area contributed by atoms with E-state index in [0.717, 1.165) is 95.8 Å². The smallest absolute Gasteiger partial charge is 0.462 e. The Balaban J connectivity index is 5.22. The molecule has 0 saturated heterocycles. The Hall–Kier alpha value is -1.94. The highest BCUT2D eigenvalue weighted by Crippen LogP contribution is 2.45. The van der Waals surface area contributed by atoms with E-state index in [2.05, 4.69) is 34.6 Å². The van der Waals surface area contributed by atoms with Gasteiger partial charge in [-0.3, -0.25) is 37.3 Å². The summed E-state index contributed by atoms with van der Waals surface area (Å²) in [5, 5.41) is 10.6. The molecule has 0 aromatic rings. The summed E-state index contributed by atoms with van der Waals surface area (Å²) in [6, 6.07) is 0. The number of aliphatic hydroxyl groups is 1. The van der Waals surface area contributed by atoms with E-state index in [9.17, 15) is 43.2 Å². The molecule has 0 radical (unpaired) electrons. The molecule has 0 saturated carbocycles. The van der Waals surface area contributed by atoms with E-state index in [-0.39, 0.29) is 25.7 Å². The Kier molecular flexibility index (Phi) is 60.2. The summed E-state index contributed by atoms with van der Waals surface area (Å²) < 4.78 is 68.1. The van der Waals surface area contributed by atoms with Crippen molar-refractivity contribution in [2.45, 2.75) is 368 Å². The fraction of sp³-hybridized carbons (Fsp3) is 0.941. The number of carbonyl (C=O) groups excluding carboxylic acids is 4. The van der Waals surface area contributed by atoms with Gasteiger partial charge in [0, 0.05) is 25.7 Å². The molecule has 2 unspecified atom stereocenters. The van der Waals surface area contributed by atoms with Gasteiger partial charge in [-0.05, 0) is 31.6 Å². The zero-order valence-corrected chi connectivity index (χ0v) is 57.9. The lowest BCUT2D eigenvalue weighted by Gasteiger charge is -2.21. The van der Waals surface area contributed by atoms with E-state index in [4.69, 9.17) is 37.0 Å². The molecule has 3 N–H and O–H groups in total. The summed E-state index contributed by atoms with van der Waals surface area (Å²) in [7, 11) is -9.89. The Morgan fingerprint density at radius 1 is 0.310 bits per heavy atom. The predicted octanol–water partition coefficient (Wildman–Crippen LogP) is 19.4. The Bertz CT molecular complexity index is 1690. The van der Waals surface area contributed by atoms with Crippen molar-refractivity contribution in [3.8, 4) is 0 Å². The fourth-order valence-corrected chi connectivity index (χ4v) is 11.9.